The van der Waals surface area contributed by atoms with Crippen LogP contribution < -0.4 is 25.2 Å². The van der Waals surface area contributed by atoms with Gasteiger partial charge >= 0.3 is 0 Å². The number of aromatic hydroxyl groups is 1. The van der Waals surface area contributed by atoms with E-state index in [9.17, 15) is 18.7 Å². The number of carbonyl (C=O) groups excluding carboxylic acids is 1. The Morgan fingerprint density at radius 3 is 2.56 bits per heavy atom. The van der Waals surface area contributed by atoms with Crippen molar-refractivity contribution in [1.29, 1.82) is 0 Å². The van der Waals surface area contributed by atoms with Crippen LogP contribution in [0.3, 0.4) is 0 Å². The summed E-state index contributed by atoms with van der Waals surface area (Å²) in [4.78, 5) is 22.4. The van der Waals surface area contributed by atoms with Crippen molar-refractivity contribution in [2.24, 2.45) is 0 Å². The van der Waals surface area contributed by atoms with Gasteiger partial charge in [-0.2, -0.15) is 0 Å². The number of nitrogens with zero attached hydrogens (tertiary/aromatic N) is 6. The number of hydrogen-bond acceptors (Lipinski definition) is 10. The summed E-state index contributed by atoms with van der Waals surface area (Å²) >= 11 is 0. The molecule has 6 heterocycles. The Bertz CT molecular complexity index is 1980. The van der Waals surface area contributed by atoms with E-state index in [2.05, 4.69) is 70.8 Å². The van der Waals surface area contributed by atoms with E-state index in [1.807, 2.05) is 12.1 Å². The molecule has 1 aromatic heterocycles. The van der Waals surface area contributed by atoms with Gasteiger partial charge in [0.1, 0.15) is 17.7 Å². The fourth-order valence-corrected chi connectivity index (χ4v) is 8.47. The second-order valence-electron chi connectivity index (χ2n) is 14.6. The lowest BCUT2D eigenvalue weighted by Gasteiger charge is -2.36. The Kier molecular flexibility index (Phi) is 8.54. The smallest absolute Gasteiger partial charge is 0.254 e. The van der Waals surface area contributed by atoms with E-state index in [0.717, 1.165) is 106 Å². The maximum atomic E-state index is 14.1. The second kappa shape index (κ2) is 13.5. The number of benzene rings is 3. The summed E-state index contributed by atoms with van der Waals surface area (Å²) in [5.74, 6) is -0.924. The average Bonchev–Trinajstić information content (AvgIpc) is 3.74. The molecule has 3 aromatic carbocycles. The summed E-state index contributed by atoms with van der Waals surface area (Å²) in [6.07, 6.45) is 2.92. The molecule has 3 atom stereocenters. The number of carbonyl (C=O) groups is 1. The molecule has 52 heavy (non-hydrogen) atoms. The predicted molar refractivity (Wildman–Crippen MR) is 194 cm³/mol. The third kappa shape index (κ3) is 6.25. The number of halogens is 2. The van der Waals surface area contributed by atoms with Gasteiger partial charge in [0.25, 0.3) is 5.91 Å². The first-order chi connectivity index (χ1) is 25.4. The van der Waals surface area contributed by atoms with Crippen molar-refractivity contribution >= 4 is 23.1 Å². The minimum absolute atomic E-state index is 0.0417. The number of phenolic OH excluding ortho intramolecular Hbond substituents is 1. The van der Waals surface area contributed by atoms with Crippen molar-refractivity contribution in [1.82, 2.24) is 25.3 Å². The SMILES string of the molecule is O=C1c2cc(N3CCN(Cc4ccc(O[C@@H]5C[C@@H]6CNc7nnc(-c8cc(F)cc(F)c8O)cc7N6C5)cc4)CC3)ccc2CN1C1CCCNC1. The molecule has 11 nitrogen and oxygen atoms in total. The van der Waals surface area contributed by atoms with Crippen LogP contribution in [0.5, 0.6) is 11.5 Å². The lowest BCUT2D eigenvalue weighted by Crippen LogP contribution is -2.46. The van der Waals surface area contributed by atoms with Gasteiger partial charge in [0.2, 0.25) is 0 Å². The number of rotatable bonds is 7. The normalized spacial score (nSPS) is 22.9. The van der Waals surface area contributed by atoms with Crippen LogP contribution in [0.2, 0.25) is 0 Å². The molecular formula is C39H42F2N8O3. The monoisotopic (exact) mass is 708 g/mol. The molecule has 5 aliphatic rings. The summed E-state index contributed by atoms with van der Waals surface area (Å²) in [6, 6.07) is 18.6. The Morgan fingerprint density at radius 1 is 0.904 bits per heavy atom. The predicted octanol–water partition coefficient (Wildman–Crippen LogP) is 4.61. The zero-order chi connectivity index (χ0) is 35.3. The van der Waals surface area contributed by atoms with Gasteiger partial charge in [-0.3, -0.25) is 9.69 Å². The molecule has 0 spiro atoms. The number of ether oxygens (including phenoxy) is 1. The van der Waals surface area contributed by atoms with Crippen molar-refractivity contribution in [3.63, 3.8) is 0 Å². The number of anilines is 3. The van der Waals surface area contributed by atoms with Crippen LogP contribution in [-0.4, -0.2) is 102 Å². The standard InChI is InChI=1S/C39H42F2N8O3/c40-26-14-33(37(50)34(41)15-26)35-18-36-38(45-44-35)43-20-29-16-31(23-48(29)36)52-30-7-3-24(4-8-30)21-46-10-12-47(13-11-46)27-6-5-25-22-49(39(51)32(25)17-27)28-2-1-9-42-19-28/h3-8,14-15,17-18,28-29,31,42,50H,1-2,9-13,16,19-23H2,(H,43,45)/t28?,29-,31-/m1/s1. The Balaban J connectivity index is 0.786. The number of amides is 1. The molecule has 3 fully saturated rings. The molecule has 0 radical (unpaired) electrons. The van der Waals surface area contributed by atoms with Gasteiger partial charge in [-0.25, -0.2) is 8.78 Å². The lowest BCUT2D eigenvalue weighted by atomic mass is 10.1. The molecule has 0 aliphatic carbocycles. The van der Waals surface area contributed by atoms with E-state index in [1.54, 1.807) is 6.07 Å². The number of aromatic nitrogens is 2. The van der Waals surface area contributed by atoms with Gasteiger partial charge in [0.15, 0.2) is 17.4 Å². The highest BCUT2D eigenvalue weighted by molar-refractivity contribution is 5.99. The van der Waals surface area contributed by atoms with E-state index >= 15 is 0 Å². The first-order valence-corrected chi connectivity index (χ1v) is 18.3. The van der Waals surface area contributed by atoms with Crippen molar-refractivity contribution in [2.45, 2.75) is 50.5 Å². The van der Waals surface area contributed by atoms with Crippen LogP contribution in [-0.2, 0) is 13.1 Å². The molecule has 270 valence electrons. The van der Waals surface area contributed by atoms with Gasteiger partial charge in [0, 0.05) is 87.7 Å². The third-order valence-electron chi connectivity index (χ3n) is 11.3. The number of fused-ring (bicyclic) bond motifs is 4. The van der Waals surface area contributed by atoms with E-state index < -0.39 is 17.4 Å². The molecule has 1 amide bonds. The van der Waals surface area contributed by atoms with Crippen LogP contribution in [0, 0.1) is 11.6 Å². The van der Waals surface area contributed by atoms with Gasteiger partial charge in [0.05, 0.1) is 24.0 Å². The largest absolute Gasteiger partial charge is 0.504 e. The topological polar surface area (TPSA) is 109 Å². The number of nitrogens with one attached hydrogen (secondary N) is 2. The molecule has 0 saturated carbocycles. The lowest BCUT2D eigenvalue weighted by molar-refractivity contribution is 0.0674. The van der Waals surface area contributed by atoms with E-state index in [0.29, 0.717) is 25.0 Å². The summed E-state index contributed by atoms with van der Waals surface area (Å²) in [5.41, 5.74) is 5.28. The average molecular weight is 709 g/mol. The molecular weight excluding hydrogens is 666 g/mol. The summed E-state index contributed by atoms with van der Waals surface area (Å²) in [6.45, 7) is 8.50. The van der Waals surface area contributed by atoms with Crippen molar-refractivity contribution in [3.8, 4) is 22.8 Å². The molecule has 13 heteroatoms. The van der Waals surface area contributed by atoms with Gasteiger partial charge in [-0.1, -0.05) is 18.2 Å². The number of piperidine rings is 1. The van der Waals surface area contributed by atoms with Crippen LogP contribution in [0.1, 0.15) is 40.7 Å². The van der Waals surface area contributed by atoms with Crippen molar-refractivity contribution < 1.29 is 23.4 Å². The van der Waals surface area contributed by atoms with Crippen molar-refractivity contribution in [3.05, 3.63) is 89.0 Å². The molecule has 0 bridgehead atoms. The third-order valence-corrected chi connectivity index (χ3v) is 11.3. The van der Waals surface area contributed by atoms with Crippen LogP contribution >= 0.6 is 0 Å². The number of phenols is 1. The quantitative estimate of drug-likeness (QED) is 0.252. The highest BCUT2D eigenvalue weighted by atomic mass is 19.1. The second-order valence-corrected chi connectivity index (χ2v) is 14.6. The van der Waals surface area contributed by atoms with Crippen LogP contribution in [0.25, 0.3) is 11.3 Å². The fraction of sp³-hybridized carbons (Fsp3) is 0.410. The molecule has 5 aliphatic heterocycles. The summed E-state index contributed by atoms with van der Waals surface area (Å²) in [5, 5.41) is 25.4. The molecule has 3 saturated heterocycles. The van der Waals surface area contributed by atoms with Gasteiger partial charge in [-0.15, -0.1) is 10.2 Å². The highest BCUT2D eigenvalue weighted by Gasteiger charge is 2.38. The van der Waals surface area contributed by atoms with Crippen LogP contribution in [0.4, 0.5) is 26.0 Å². The number of hydrogen-bond donors (Lipinski definition) is 3. The Labute approximate surface area is 301 Å². The Morgan fingerprint density at radius 2 is 1.75 bits per heavy atom. The zero-order valence-electron chi connectivity index (χ0n) is 28.9. The van der Waals surface area contributed by atoms with Crippen molar-refractivity contribution in [2.75, 3.05) is 67.5 Å². The van der Waals surface area contributed by atoms with E-state index in [1.165, 1.54) is 5.56 Å². The molecule has 9 rings (SSSR count). The van der Waals surface area contributed by atoms with E-state index in [-0.39, 0.29) is 35.4 Å². The first kappa shape index (κ1) is 32.9. The number of piperazine rings is 1. The Hall–Kier alpha value is -5.01. The highest BCUT2D eigenvalue weighted by Crippen LogP contribution is 2.40. The molecule has 1 unspecified atom stereocenters. The molecule has 4 aromatic rings. The maximum absolute atomic E-state index is 14.1. The minimum Gasteiger partial charge on any atom is -0.504 e. The van der Waals surface area contributed by atoms with E-state index in [4.69, 9.17) is 4.74 Å². The first-order valence-electron chi connectivity index (χ1n) is 18.3. The molecule has 3 N–H and O–H groups in total. The summed E-state index contributed by atoms with van der Waals surface area (Å²) in [7, 11) is 0. The van der Waals surface area contributed by atoms with Gasteiger partial charge < -0.3 is 35.2 Å². The summed E-state index contributed by atoms with van der Waals surface area (Å²) < 4.78 is 34.5. The minimum atomic E-state index is -1.04. The zero-order valence-corrected chi connectivity index (χ0v) is 28.9. The fourth-order valence-electron chi connectivity index (χ4n) is 8.47. The van der Waals surface area contributed by atoms with Crippen LogP contribution in [0.15, 0.2) is 60.7 Å². The maximum Gasteiger partial charge on any atom is 0.254 e. The van der Waals surface area contributed by atoms with Gasteiger partial charge in [-0.05, 0) is 66.9 Å².